The highest BCUT2D eigenvalue weighted by molar-refractivity contribution is 5.92. The van der Waals surface area contributed by atoms with E-state index in [4.69, 9.17) is 9.15 Å². The van der Waals surface area contributed by atoms with Gasteiger partial charge in [-0.05, 0) is 20.3 Å². The van der Waals surface area contributed by atoms with Crippen LogP contribution in [-0.2, 0) is 4.74 Å². The normalized spacial score (nSPS) is 24.3. The third-order valence-corrected chi connectivity index (χ3v) is 3.17. The summed E-state index contributed by atoms with van der Waals surface area (Å²) < 4.78 is 11.1. The molecule has 1 aromatic rings. The predicted octanol–water partition coefficient (Wildman–Crippen LogP) is 1.93. The molecule has 0 aliphatic carbocycles. The van der Waals surface area contributed by atoms with Crippen LogP contribution in [0.5, 0.6) is 0 Å². The average Bonchev–Trinajstić information content (AvgIpc) is 2.66. The van der Waals surface area contributed by atoms with E-state index in [1.54, 1.807) is 18.7 Å². The van der Waals surface area contributed by atoms with Gasteiger partial charge >= 0.3 is 0 Å². The fourth-order valence-corrected chi connectivity index (χ4v) is 2.31. The van der Waals surface area contributed by atoms with E-state index in [9.17, 15) is 4.79 Å². The molecule has 0 bridgehead atoms. The first-order valence-corrected chi connectivity index (χ1v) is 6.40. The molecule has 1 aromatic heterocycles. The first-order chi connectivity index (χ1) is 8.51. The second-order valence-electron chi connectivity index (χ2n) is 4.83. The van der Waals surface area contributed by atoms with E-state index in [1.165, 1.54) is 0 Å². The Hall–Kier alpha value is -1.36. The SMILES string of the molecule is CCC1CN(C(=O)c2oc(C)nc2C)CC(C)O1. The predicted molar refractivity (Wildman–Crippen MR) is 66.5 cm³/mol. The van der Waals surface area contributed by atoms with Gasteiger partial charge in [-0.25, -0.2) is 4.98 Å². The van der Waals surface area contributed by atoms with Crippen LogP contribution in [0.4, 0.5) is 0 Å². The molecule has 0 radical (unpaired) electrons. The number of morpholine rings is 1. The van der Waals surface area contributed by atoms with Crippen LogP contribution in [0.25, 0.3) is 0 Å². The second-order valence-corrected chi connectivity index (χ2v) is 4.83. The Labute approximate surface area is 107 Å². The highest BCUT2D eigenvalue weighted by Crippen LogP contribution is 2.18. The zero-order chi connectivity index (χ0) is 13.3. The van der Waals surface area contributed by atoms with Crippen molar-refractivity contribution in [1.29, 1.82) is 0 Å². The van der Waals surface area contributed by atoms with Crippen molar-refractivity contribution in [3.05, 3.63) is 17.3 Å². The molecule has 1 amide bonds. The lowest BCUT2D eigenvalue weighted by molar-refractivity contribution is -0.0687. The summed E-state index contributed by atoms with van der Waals surface area (Å²) in [6.07, 6.45) is 1.08. The molecular weight excluding hydrogens is 232 g/mol. The van der Waals surface area contributed by atoms with E-state index in [1.807, 2.05) is 6.92 Å². The van der Waals surface area contributed by atoms with Gasteiger partial charge in [0.1, 0.15) is 0 Å². The third-order valence-electron chi connectivity index (χ3n) is 3.17. The van der Waals surface area contributed by atoms with Crippen molar-refractivity contribution in [3.63, 3.8) is 0 Å². The van der Waals surface area contributed by atoms with Gasteiger partial charge in [0, 0.05) is 20.0 Å². The van der Waals surface area contributed by atoms with Crippen LogP contribution in [0.3, 0.4) is 0 Å². The highest BCUT2D eigenvalue weighted by Gasteiger charge is 2.30. The summed E-state index contributed by atoms with van der Waals surface area (Å²) in [7, 11) is 0. The lowest BCUT2D eigenvalue weighted by Gasteiger charge is -2.36. The van der Waals surface area contributed by atoms with Gasteiger partial charge in [-0.1, -0.05) is 6.92 Å². The van der Waals surface area contributed by atoms with Gasteiger partial charge < -0.3 is 14.1 Å². The molecule has 5 nitrogen and oxygen atoms in total. The Morgan fingerprint density at radius 3 is 2.72 bits per heavy atom. The van der Waals surface area contributed by atoms with Gasteiger partial charge in [0.05, 0.1) is 17.9 Å². The zero-order valence-electron chi connectivity index (χ0n) is 11.4. The van der Waals surface area contributed by atoms with Gasteiger partial charge in [-0.3, -0.25) is 4.79 Å². The molecule has 1 aliphatic heterocycles. The van der Waals surface area contributed by atoms with Crippen LogP contribution in [0, 0.1) is 13.8 Å². The molecular formula is C13H20N2O3. The molecule has 1 aliphatic rings. The van der Waals surface area contributed by atoms with Crippen LogP contribution >= 0.6 is 0 Å². The highest BCUT2D eigenvalue weighted by atomic mass is 16.5. The van der Waals surface area contributed by atoms with E-state index >= 15 is 0 Å². The minimum absolute atomic E-state index is 0.0666. The van der Waals surface area contributed by atoms with Crippen LogP contribution in [-0.4, -0.2) is 41.1 Å². The fraction of sp³-hybridized carbons (Fsp3) is 0.692. The Bertz CT molecular complexity index is 441. The van der Waals surface area contributed by atoms with Crippen LogP contribution in [0.2, 0.25) is 0 Å². The summed E-state index contributed by atoms with van der Waals surface area (Å²) in [5, 5.41) is 0. The van der Waals surface area contributed by atoms with E-state index in [0.29, 0.717) is 30.4 Å². The Morgan fingerprint density at radius 1 is 1.44 bits per heavy atom. The zero-order valence-corrected chi connectivity index (χ0v) is 11.4. The van der Waals surface area contributed by atoms with E-state index in [-0.39, 0.29) is 18.1 Å². The molecule has 18 heavy (non-hydrogen) atoms. The third kappa shape index (κ3) is 2.56. The van der Waals surface area contributed by atoms with Crippen molar-refractivity contribution in [2.45, 2.75) is 46.3 Å². The first kappa shape index (κ1) is 13.1. The number of aryl methyl sites for hydroxylation is 2. The summed E-state index contributed by atoms with van der Waals surface area (Å²) >= 11 is 0. The number of ether oxygens (including phenoxy) is 1. The van der Waals surface area contributed by atoms with Crippen LogP contribution in [0.1, 0.15) is 42.4 Å². The van der Waals surface area contributed by atoms with E-state index in [0.717, 1.165) is 6.42 Å². The number of carbonyl (C=O) groups excluding carboxylic acids is 1. The van der Waals surface area contributed by atoms with Gasteiger partial charge in [0.2, 0.25) is 5.76 Å². The van der Waals surface area contributed by atoms with Crippen molar-refractivity contribution in [2.24, 2.45) is 0 Å². The molecule has 5 heteroatoms. The molecule has 0 N–H and O–H groups in total. The summed E-state index contributed by atoms with van der Waals surface area (Å²) in [6, 6.07) is 0. The molecule has 0 aromatic carbocycles. The molecule has 1 saturated heterocycles. The Balaban J connectivity index is 2.15. The maximum atomic E-state index is 12.4. The van der Waals surface area contributed by atoms with Gasteiger partial charge in [-0.15, -0.1) is 0 Å². The van der Waals surface area contributed by atoms with Gasteiger partial charge in [0.15, 0.2) is 5.89 Å². The largest absolute Gasteiger partial charge is 0.436 e. The maximum Gasteiger partial charge on any atom is 0.291 e. The molecule has 2 rings (SSSR count). The number of nitrogens with zero attached hydrogens (tertiary/aromatic N) is 2. The number of oxazole rings is 1. The topological polar surface area (TPSA) is 55.6 Å². The maximum absolute atomic E-state index is 12.4. The smallest absolute Gasteiger partial charge is 0.291 e. The van der Waals surface area contributed by atoms with Gasteiger partial charge in [-0.2, -0.15) is 0 Å². The minimum Gasteiger partial charge on any atom is -0.436 e. The Kier molecular flexibility index (Phi) is 3.71. The minimum atomic E-state index is -0.0818. The van der Waals surface area contributed by atoms with E-state index in [2.05, 4.69) is 11.9 Å². The quantitative estimate of drug-likeness (QED) is 0.807. The second kappa shape index (κ2) is 5.10. The van der Waals surface area contributed by atoms with Crippen molar-refractivity contribution in [2.75, 3.05) is 13.1 Å². The number of hydrogen-bond acceptors (Lipinski definition) is 4. The lowest BCUT2D eigenvalue weighted by atomic mass is 10.1. The van der Waals surface area contributed by atoms with Crippen molar-refractivity contribution in [1.82, 2.24) is 9.88 Å². The van der Waals surface area contributed by atoms with E-state index < -0.39 is 0 Å². The first-order valence-electron chi connectivity index (χ1n) is 6.40. The molecule has 2 heterocycles. The Morgan fingerprint density at radius 2 is 2.17 bits per heavy atom. The van der Waals surface area contributed by atoms with Crippen LogP contribution < -0.4 is 0 Å². The van der Waals surface area contributed by atoms with Gasteiger partial charge in [0.25, 0.3) is 5.91 Å². The standard InChI is InChI=1S/C13H20N2O3/c1-5-11-7-15(6-8(2)17-11)13(16)12-9(3)14-10(4)18-12/h8,11H,5-7H2,1-4H3. The molecule has 100 valence electrons. The summed E-state index contributed by atoms with van der Waals surface area (Å²) in [6.45, 7) is 8.83. The number of aromatic nitrogens is 1. The summed E-state index contributed by atoms with van der Waals surface area (Å²) in [5.74, 6) is 0.808. The number of rotatable bonds is 2. The van der Waals surface area contributed by atoms with Crippen molar-refractivity contribution >= 4 is 5.91 Å². The molecule has 1 fully saturated rings. The molecule has 0 spiro atoms. The fourth-order valence-electron chi connectivity index (χ4n) is 2.31. The van der Waals surface area contributed by atoms with Crippen LogP contribution in [0.15, 0.2) is 4.42 Å². The summed E-state index contributed by atoms with van der Waals surface area (Å²) in [5.41, 5.74) is 0.657. The molecule has 0 saturated carbocycles. The lowest BCUT2D eigenvalue weighted by Crippen LogP contribution is -2.49. The monoisotopic (exact) mass is 252 g/mol. The summed E-state index contributed by atoms with van der Waals surface area (Å²) in [4.78, 5) is 18.3. The van der Waals surface area contributed by atoms with Crippen molar-refractivity contribution in [3.8, 4) is 0 Å². The number of hydrogen-bond donors (Lipinski definition) is 0. The van der Waals surface area contributed by atoms with Crippen molar-refractivity contribution < 1.29 is 13.9 Å². The number of carbonyl (C=O) groups is 1. The average molecular weight is 252 g/mol. The number of amides is 1. The molecule has 2 unspecified atom stereocenters. The molecule has 2 atom stereocenters.